The summed E-state index contributed by atoms with van der Waals surface area (Å²) in [5.74, 6) is 0.833. The Hall–Kier alpha value is -3.45. The lowest BCUT2D eigenvalue weighted by Gasteiger charge is -2.30. The Bertz CT molecular complexity index is 988. The highest BCUT2D eigenvalue weighted by Gasteiger charge is 2.16. The number of para-hydroxylation sites is 3. The van der Waals surface area contributed by atoms with Crippen LogP contribution in [0.25, 0.3) is 0 Å². The van der Waals surface area contributed by atoms with Crippen molar-refractivity contribution in [3.63, 3.8) is 0 Å². The molecule has 148 valence electrons. The van der Waals surface area contributed by atoms with Crippen LogP contribution in [0, 0.1) is 6.92 Å². The Morgan fingerprint density at radius 3 is 2.52 bits per heavy atom. The Labute approximate surface area is 169 Å². The molecule has 2 heterocycles. The average Bonchev–Trinajstić information content (AvgIpc) is 2.75. The molecule has 4 rings (SSSR count). The van der Waals surface area contributed by atoms with Crippen LogP contribution in [-0.2, 0) is 4.74 Å². The van der Waals surface area contributed by atoms with Gasteiger partial charge in [-0.15, -0.1) is 0 Å². The van der Waals surface area contributed by atoms with Crippen molar-refractivity contribution in [1.82, 2.24) is 9.97 Å². The van der Waals surface area contributed by atoms with E-state index in [9.17, 15) is 4.79 Å². The van der Waals surface area contributed by atoms with Gasteiger partial charge in [0.25, 0.3) is 5.91 Å². The van der Waals surface area contributed by atoms with E-state index in [0.29, 0.717) is 30.5 Å². The molecule has 0 radical (unpaired) electrons. The van der Waals surface area contributed by atoms with Crippen LogP contribution in [0.2, 0.25) is 0 Å². The van der Waals surface area contributed by atoms with Crippen LogP contribution in [0.15, 0.2) is 60.7 Å². The number of carbonyl (C=O) groups excluding carboxylic acids is 1. The third-order valence-corrected chi connectivity index (χ3v) is 4.62. The number of benzene rings is 2. The van der Waals surface area contributed by atoms with Crippen molar-refractivity contribution in [3.05, 3.63) is 72.2 Å². The fourth-order valence-electron chi connectivity index (χ4n) is 3.26. The van der Waals surface area contributed by atoms with E-state index in [-0.39, 0.29) is 5.91 Å². The first-order valence-corrected chi connectivity index (χ1v) is 9.60. The lowest BCUT2D eigenvalue weighted by molar-refractivity contribution is 0.102. The molecule has 1 saturated heterocycles. The van der Waals surface area contributed by atoms with Gasteiger partial charge in [-0.1, -0.05) is 30.3 Å². The van der Waals surface area contributed by atoms with Gasteiger partial charge in [0.05, 0.1) is 24.6 Å². The highest BCUT2D eigenvalue weighted by atomic mass is 16.5. The highest BCUT2D eigenvalue weighted by Crippen LogP contribution is 2.29. The first kappa shape index (κ1) is 18.9. The topological polar surface area (TPSA) is 79.4 Å². The van der Waals surface area contributed by atoms with E-state index in [1.165, 1.54) is 0 Å². The molecule has 0 unspecified atom stereocenters. The van der Waals surface area contributed by atoms with Gasteiger partial charge >= 0.3 is 0 Å². The lowest BCUT2D eigenvalue weighted by atomic mass is 10.2. The Balaban J connectivity index is 1.56. The molecule has 1 fully saturated rings. The summed E-state index contributed by atoms with van der Waals surface area (Å²) in [6.45, 7) is 4.88. The summed E-state index contributed by atoms with van der Waals surface area (Å²) >= 11 is 0. The first-order chi connectivity index (χ1) is 14.2. The number of anilines is 4. The molecule has 0 spiro atoms. The van der Waals surface area contributed by atoms with Crippen molar-refractivity contribution in [2.45, 2.75) is 6.92 Å². The zero-order valence-corrected chi connectivity index (χ0v) is 16.3. The Morgan fingerprint density at radius 1 is 1.00 bits per heavy atom. The zero-order chi connectivity index (χ0) is 20.1. The van der Waals surface area contributed by atoms with Gasteiger partial charge in [0, 0.05) is 24.8 Å². The van der Waals surface area contributed by atoms with Crippen LogP contribution >= 0.6 is 0 Å². The number of aromatic nitrogens is 2. The molecular weight excluding hydrogens is 366 g/mol. The van der Waals surface area contributed by atoms with Crippen molar-refractivity contribution >= 4 is 28.8 Å². The third-order valence-electron chi connectivity index (χ3n) is 4.62. The van der Waals surface area contributed by atoms with Crippen LogP contribution in [0.5, 0.6) is 0 Å². The van der Waals surface area contributed by atoms with Gasteiger partial charge in [-0.2, -0.15) is 0 Å². The maximum atomic E-state index is 12.6. The second-order valence-electron chi connectivity index (χ2n) is 6.75. The molecule has 7 heteroatoms. The highest BCUT2D eigenvalue weighted by molar-refractivity contribution is 6.03. The number of rotatable bonds is 5. The van der Waals surface area contributed by atoms with E-state index >= 15 is 0 Å². The number of amides is 1. The second kappa shape index (κ2) is 8.70. The summed E-state index contributed by atoms with van der Waals surface area (Å²) in [5.41, 5.74) is 3.05. The van der Waals surface area contributed by atoms with Crippen LogP contribution in [0.1, 0.15) is 16.3 Å². The van der Waals surface area contributed by atoms with Gasteiger partial charge in [-0.25, -0.2) is 9.97 Å². The molecule has 0 atom stereocenters. The summed E-state index contributed by atoms with van der Waals surface area (Å²) in [6, 6.07) is 19.1. The number of nitrogens with zero attached hydrogens (tertiary/aromatic N) is 3. The number of aryl methyl sites for hydroxylation is 1. The van der Waals surface area contributed by atoms with Crippen molar-refractivity contribution in [2.75, 3.05) is 41.8 Å². The van der Waals surface area contributed by atoms with Gasteiger partial charge in [-0.05, 0) is 31.2 Å². The van der Waals surface area contributed by atoms with Gasteiger partial charge in [-0.3, -0.25) is 4.79 Å². The molecule has 1 aliphatic rings. The number of carbonyl (C=O) groups is 1. The number of nitrogens with one attached hydrogen (secondary N) is 2. The lowest BCUT2D eigenvalue weighted by Crippen LogP contribution is -2.36. The molecule has 2 N–H and O–H groups in total. The van der Waals surface area contributed by atoms with E-state index in [1.54, 1.807) is 13.0 Å². The monoisotopic (exact) mass is 389 g/mol. The number of hydrogen-bond donors (Lipinski definition) is 2. The van der Waals surface area contributed by atoms with E-state index in [2.05, 4.69) is 31.6 Å². The molecule has 29 heavy (non-hydrogen) atoms. The largest absolute Gasteiger partial charge is 0.378 e. The normalized spacial score (nSPS) is 13.8. The minimum atomic E-state index is -0.272. The molecular formula is C22H23N5O2. The number of morpholine rings is 1. The maximum absolute atomic E-state index is 12.6. The fourth-order valence-corrected chi connectivity index (χ4v) is 3.26. The molecule has 1 aromatic heterocycles. The summed E-state index contributed by atoms with van der Waals surface area (Å²) in [5, 5.41) is 6.22. The summed E-state index contributed by atoms with van der Waals surface area (Å²) in [4.78, 5) is 23.7. The minimum Gasteiger partial charge on any atom is -0.378 e. The minimum absolute atomic E-state index is 0.272. The predicted molar refractivity (Wildman–Crippen MR) is 114 cm³/mol. The van der Waals surface area contributed by atoms with Crippen LogP contribution in [-0.4, -0.2) is 42.2 Å². The maximum Gasteiger partial charge on any atom is 0.274 e. The molecule has 0 aliphatic carbocycles. The van der Waals surface area contributed by atoms with E-state index in [4.69, 9.17) is 4.74 Å². The van der Waals surface area contributed by atoms with E-state index < -0.39 is 0 Å². The second-order valence-corrected chi connectivity index (χ2v) is 6.75. The van der Waals surface area contributed by atoms with E-state index in [1.807, 2.05) is 48.5 Å². The molecule has 7 nitrogen and oxygen atoms in total. The van der Waals surface area contributed by atoms with Gasteiger partial charge in [0.15, 0.2) is 0 Å². The molecule has 0 bridgehead atoms. The van der Waals surface area contributed by atoms with Crippen molar-refractivity contribution in [2.24, 2.45) is 0 Å². The molecule has 1 amide bonds. The first-order valence-electron chi connectivity index (χ1n) is 9.60. The van der Waals surface area contributed by atoms with E-state index in [0.717, 1.165) is 30.2 Å². The van der Waals surface area contributed by atoms with Crippen LogP contribution < -0.4 is 15.5 Å². The SMILES string of the molecule is Cc1nc(Nc2ccccc2N2CCOCC2)cc(C(=O)Nc2ccccc2)n1. The van der Waals surface area contributed by atoms with Gasteiger partial charge in [0.2, 0.25) is 0 Å². The summed E-state index contributed by atoms with van der Waals surface area (Å²) in [7, 11) is 0. The van der Waals surface area contributed by atoms with Crippen LogP contribution in [0.4, 0.5) is 22.9 Å². The van der Waals surface area contributed by atoms with Gasteiger partial charge < -0.3 is 20.3 Å². The Morgan fingerprint density at radius 2 is 1.72 bits per heavy atom. The summed E-state index contributed by atoms with van der Waals surface area (Å²) < 4.78 is 5.46. The molecule has 3 aromatic rings. The standard InChI is InChI=1S/C22H23N5O2/c1-16-23-19(22(28)25-17-7-3-2-4-8-17)15-21(24-16)26-18-9-5-6-10-20(18)27-11-13-29-14-12-27/h2-10,15H,11-14H2,1H3,(H,25,28)(H,23,24,26). The average molecular weight is 389 g/mol. The summed E-state index contributed by atoms with van der Waals surface area (Å²) in [6.07, 6.45) is 0. The van der Waals surface area contributed by atoms with Crippen molar-refractivity contribution in [3.8, 4) is 0 Å². The van der Waals surface area contributed by atoms with Gasteiger partial charge in [0.1, 0.15) is 17.3 Å². The number of ether oxygens (including phenoxy) is 1. The van der Waals surface area contributed by atoms with Crippen LogP contribution in [0.3, 0.4) is 0 Å². The zero-order valence-electron chi connectivity index (χ0n) is 16.3. The molecule has 2 aromatic carbocycles. The number of hydrogen-bond acceptors (Lipinski definition) is 6. The molecule has 1 aliphatic heterocycles. The fraction of sp³-hybridized carbons (Fsp3) is 0.227. The molecule has 0 saturated carbocycles. The Kier molecular flexibility index (Phi) is 5.67. The predicted octanol–water partition coefficient (Wildman–Crippen LogP) is 3.62. The third kappa shape index (κ3) is 4.70. The quantitative estimate of drug-likeness (QED) is 0.694. The van der Waals surface area contributed by atoms with Crippen molar-refractivity contribution < 1.29 is 9.53 Å². The van der Waals surface area contributed by atoms with Crippen molar-refractivity contribution in [1.29, 1.82) is 0 Å². The smallest absolute Gasteiger partial charge is 0.274 e.